The molecule has 0 aromatic heterocycles. The van der Waals surface area contributed by atoms with Crippen LogP contribution in [0.4, 0.5) is 0 Å². The van der Waals surface area contributed by atoms with Gasteiger partial charge in [-0.3, -0.25) is 4.57 Å². The minimum Gasteiger partial charge on any atom is -0.373 e. The van der Waals surface area contributed by atoms with Crippen molar-refractivity contribution in [2.24, 2.45) is 0 Å². The van der Waals surface area contributed by atoms with Crippen LogP contribution in [-0.4, -0.2) is 52.4 Å². The van der Waals surface area contributed by atoms with Crippen molar-refractivity contribution >= 4 is 7.60 Å². The van der Waals surface area contributed by atoms with Crippen LogP contribution in [0.3, 0.4) is 0 Å². The quantitative estimate of drug-likeness (QED) is 0.0645. The number of aliphatic hydroxyl groups is 1. The maximum atomic E-state index is 11.8. The van der Waals surface area contributed by atoms with E-state index < -0.39 is 12.9 Å². The first-order chi connectivity index (χ1) is 15.5. The average Bonchev–Trinajstić information content (AvgIpc) is 2.70. The number of rotatable bonds is 22. The van der Waals surface area contributed by atoms with Crippen molar-refractivity contribution in [2.45, 2.75) is 121 Å². The van der Waals surface area contributed by atoms with Gasteiger partial charge in [0.05, 0.1) is 21.1 Å². The van der Waals surface area contributed by atoms with Crippen LogP contribution in [0.2, 0.25) is 0 Å². The van der Waals surface area contributed by atoms with Gasteiger partial charge in [-0.25, -0.2) is 0 Å². The van der Waals surface area contributed by atoms with Crippen molar-refractivity contribution in [1.29, 1.82) is 0 Å². The summed E-state index contributed by atoms with van der Waals surface area (Å²) in [4.78, 5) is 19.2. The number of hydrogen-bond acceptors (Lipinski definition) is 2. The Morgan fingerprint density at radius 3 is 1.48 bits per heavy atom. The van der Waals surface area contributed by atoms with Crippen LogP contribution in [0.25, 0.3) is 0 Å². The number of unbranched alkanes of at least 4 members (excludes halogenated alkanes) is 13. The van der Waals surface area contributed by atoms with Crippen LogP contribution in [0.15, 0.2) is 24.3 Å². The van der Waals surface area contributed by atoms with E-state index in [0.29, 0.717) is 10.9 Å². The zero-order valence-electron chi connectivity index (χ0n) is 22.2. The molecule has 0 aliphatic carbocycles. The maximum absolute atomic E-state index is 11.8. The Morgan fingerprint density at radius 2 is 1.06 bits per heavy atom. The lowest BCUT2D eigenvalue weighted by atomic mass is 10.1. The number of likely N-dealkylation sites (N-methyl/N-ethyl adjacent to an activating group) is 1. The van der Waals surface area contributed by atoms with Gasteiger partial charge in [-0.1, -0.05) is 95.4 Å². The summed E-state index contributed by atoms with van der Waals surface area (Å²) in [5.41, 5.74) is 0. The molecule has 0 aliphatic heterocycles. The molecule has 0 aromatic carbocycles. The molecule has 33 heavy (non-hydrogen) atoms. The van der Waals surface area contributed by atoms with Crippen LogP contribution in [0.1, 0.15) is 116 Å². The minimum absolute atomic E-state index is 0.0327. The second-order valence-corrected chi connectivity index (χ2v) is 12.6. The molecule has 6 heteroatoms. The normalized spacial score (nSPS) is 15.0. The third-order valence-corrected chi connectivity index (χ3v) is 7.47. The SMILES string of the molecule is CCCCCCCCCCCCC/C=C\CC/C=C\CCCC(O)(C[N+](C)(C)C)P(=O)(O)O. The first-order valence-electron chi connectivity index (χ1n) is 13.4. The van der Waals surface area contributed by atoms with Gasteiger partial charge in [-0.05, 0) is 44.9 Å². The molecule has 0 heterocycles. The Hall–Kier alpha value is -0.450. The molecular weight excluding hydrogens is 433 g/mol. The predicted octanol–water partition coefficient (Wildman–Crippen LogP) is 7.32. The minimum atomic E-state index is -4.57. The van der Waals surface area contributed by atoms with Crippen LogP contribution in [-0.2, 0) is 4.57 Å². The van der Waals surface area contributed by atoms with E-state index in [9.17, 15) is 19.5 Å². The smallest absolute Gasteiger partial charge is 0.362 e. The molecule has 0 radical (unpaired) electrons. The Morgan fingerprint density at radius 1 is 0.667 bits per heavy atom. The Bertz CT molecular complexity index is 565. The Balaban J connectivity index is 3.69. The molecule has 0 saturated carbocycles. The first-order valence-corrected chi connectivity index (χ1v) is 15.0. The average molecular weight is 489 g/mol. The van der Waals surface area contributed by atoms with Gasteiger partial charge in [0, 0.05) is 0 Å². The van der Waals surface area contributed by atoms with Crippen molar-refractivity contribution in [3.8, 4) is 0 Å². The first kappa shape index (κ1) is 32.5. The number of nitrogens with zero attached hydrogens (tertiary/aromatic N) is 1. The monoisotopic (exact) mass is 488 g/mol. The van der Waals surface area contributed by atoms with E-state index in [2.05, 4.69) is 31.2 Å². The molecular formula is C27H55NO4P+. The van der Waals surface area contributed by atoms with Gasteiger partial charge in [0.15, 0.2) is 0 Å². The molecule has 1 atom stereocenters. The van der Waals surface area contributed by atoms with Crippen LogP contribution in [0.5, 0.6) is 0 Å². The molecule has 0 rings (SSSR count). The van der Waals surface area contributed by atoms with Crippen LogP contribution >= 0.6 is 7.60 Å². The highest BCUT2D eigenvalue weighted by molar-refractivity contribution is 7.53. The molecule has 3 N–H and O–H groups in total. The van der Waals surface area contributed by atoms with Gasteiger partial charge in [-0.15, -0.1) is 0 Å². The summed E-state index contributed by atoms with van der Waals surface area (Å²) in [5, 5.41) is 8.57. The number of hydrogen-bond donors (Lipinski definition) is 3. The van der Waals surface area contributed by atoms with Gasteiger partial charge in [0.25, 0.3) is 0 Å². The van der Waals surface area contributed by atoms with E-state index in [4.69, 9.17) is 0 Å². The number of quaternary nitrogens is 1. The molecule has 0 spiro atoms. The molecule has 0 fully saturated rings. The predicted molar refractivity (Wildman–Crippen MR) is 142 cm³/mol. The van der Waals surface area contributed by atoms with Gasteiger partial charge in [-0.2, -0.15) is 0 Å². The Kier molecular flexibility index (Phi) is 18.6. The van der Waals surface area contributed by atoms with Crippen LogP contribution in [0, 0.1) is 0 Å². The highest BCUT2D eigenvalue weighted by atomic mass is 31.2. The lowest BCUT2D eigenvalue weighted by Gasteiger charge is -2.35. The Labute approximate surface area is 205 Å². The second-order valence-electron chi connectivity index (χ2n) is 10.7. The third-order valence-electron chi connectivity index (χ3n) is 6.03. The second kappa shape index (κ2) is 18.8. The summed E-state index contributed by atoms with van der Waals surface area (Å²) >= 11 is 0. The molecule has 0 aliphatic rings. The fourth-order valence-electron chi connectivity index (χ4n) is 4.17. The summed E-state index contributed by atoms with van der Waals surface area (Å²) in [7, 11) is 0.902. The molecule has 196 valence electrons. The van der Waals surface area contributed by atoms with Gasteiger partial charge >= 0.3 is 7.60 Å². The van der Waals surface area contributed by atoms with E-state index in [0.717, 1.165) is 19.3 Å². The lowest BCUT2D eigenvalue weighted by Crippen LogP contribution is -2.49. The third kappa shape index (κ3) is 19.5. The molecule has 0 aromatic rings. The fourth-order valence-corrected chi connectivity index (χ4v) is 5.23. The van der Waals surface area contributed by atoms with Crippen molar-refractivity contribution in [2.75, 3.05) is 27.7 Å². The van der Waals surface area contributed by atoms with E-state index >= 15 is 0 Å². The summed E-state index contributed by atoms with van der Waals surface area (Å²) in [6, 6.07) is 0. The summed E-state index contributed by atoms with van der Waals surface area (Å²) < 4.78 is 12.1. The molecule has 0 bridgehead atoms. The molecule has 1 unspecified atom stereocenters. The topological polar surface area (TPSA) is 77.8 Å². The summed E-state index contributed by atoms with van der Waals surface area (Å²) in [6.07, 6.45) is 28.5. The molecule has 0 amide bonds. The zero-order valence-corrected chi connectivity index (χ0v) is 23.1. The van der Waals surface area contributed by atoms with Gasteiger partial charge < -0.3 is 19.4 Å². The van der Waals surface area contributed by atoms with Crippen molar-refractivity contribution in [3.63, 3.8) is 0 Å². The summed E-state index contributed by atoms with van der Waals surface area (Å²) in [5.74, 6) is 0. The fraction of sp³-hybridized carbons (Fsp3) is 0.852. The van der Waals surface area contributed by atoms with E-state index in [-0.39, 0.29) is 13.0 Å². The van der Waals surface area contributed by atoms with Gasteiger partial charge in [0.1, 0.15) is 6.54 Å². The summed E-state index contributed by atoms with van der Waals surface area (Å²) in [6.45, 7) is 2.30. The standard InChI is InChI=1S/C27H54NO4P/c1-5-6-7-8-9-10-11-12-13-14-15-16-17-18-19-20-21-22-23-24-25-27(29,33(30,31)32)26-28(2,3)4/h17-18,21-22,29H,5-16,19-20,23-26H2,1-4H3,(H-,30,31,32)/p+1/b18-17-,22-21-. The van der Waals surface area contributed by atoms with Crippen molar-refractivity contribution in [1.82, 2.24) is 0 Å². The maximum Gasteiger partial charge on any atom is 0.362 e. The zero-order chi connectivity index (χ0) is 25.1. The van der Waals surface area contributed by atoms with Gasteiger partial charge in [0.2, 0.25) is 5.34 Å². The van der Waals surface area contributed by atoms with E-state index in [1.165, 1.54) is 77.0 Å². The largest absolute Gasteiger partial charge is 0.373 e. The highest BCUT2D eigenvalue weighted by Crippen LogP contribution is 2.52. The van der Waals surface area contributed by atoms with Crippen LogP contribution < -0.4 is 0 Å². The van der Waals surface area contributed by atoms with Crippen molar-refractivity contribution < 1.29 is 23.9 Å². The molecule has 0 saturated heterocycles. The molecule has 5 nitrogen and oxygen atoms in total. The highest BCUT2D eigenvalue weighted by Gasteiger charge is 2.48. The van der Waals surface area contributed by atoms with E-state index in [1.807, 2.05) is 21.1 Å². The van der Waals surface area contributed by atoms with E-state index in [1.54, 1.807) is 0 Å². The lowest BCUT2D eigenvalue weighted by molar-refractivity contribution is -0.875. The number of allylic oxidation sites excluding steroid dienone is 4. The van der Waals surface area contributed by atoms with Crippen molar-refractivity contribution in [3.05, 3.63) is 24.3 Å².